The molecule has 1 unspecified atom stereocenters. The monoisotopic (exact) mass is 341 g/mol. The Labute approximate surface area is 124 Å². The minimum absolute atomic E-state index is 0.0755. The maximum Gasteiger partial charge on any atom is 0.131 e. The number of halogens is 3. The Morgan fingerprint density at radius 1 is 1.20 bits per heavy atom. The topological polar surface area (TPSA) is 32.3 Å². The van der Waals surface area contributed by atoms with Gasteiger partial charge < -0.3 is 10.4 Å². The fraction of sp³-hybridized carbons (Fsp3) is 0.200. The Hall–Kier alpha value is -1.46. The van der Waals surface area contributed by atoms with Crippen LogP contribution in [0.4, 0.5) is 14.5 Å². The van der Waals surface area contributed by atoms with Crippen LogP contribution in [0.1, 0.15) is 17.2 Å². The van der Waals surface area contributed by atoms with Crippen LogP contribution in [0.5, 0.6) is 0 Å². The maximum atomic E-state index is 13.5. The molecule has 5 heteroatoms. The first kappa shape index (κ1) is 14.9. The molecular formula is C15H14BrF2NO. The number of nitrogens with one attached hydrogen (secondary N) is 1. The van der Waals surface area contributed by atoms with E-state index in [4.69, 9.17) is 0 Å². The Morgan fingerprint density at radius 2 is 1.95 bits per heavy atom. The van der Waals surface area contributed by atoms with Gasteiger partial charge in [0.15, 0.2) is 0 Å². The number of anilines is 1. The lowest BCUT2D eigenvalue weighted by Crippen LogP contribution is -2.14. The van der Waals surface area contributed by atoms with Gasteiger partial charge in [-0.1, -0.05) is 28.1 Å². The second-order valence-corrected chi connectivity index (χ2v) is 5.44. The van der Waals surface area contributed by atoms with E-state index < -0.39 is 17.7 Å². The van der Waals surface area contributed by atoms with Crippen LogP contribution < -0.4 is 5.32 Å². The van der Waals surface area contributed by atoms with Crippen LogP contribution >= 0.6 is 15.9 Å². The van der Waals surface area contributed by atoms with Gasteiger partial charge in [-0.3, -0.25) is 0 Å². The molecule has 2 aromatic carbocycles. The van der Waals surface area contributed by atoms with E-state index in [0.29, 0.717) is 0 Å². The van der Waals surface area contributed by atoms with Crippen LogP contribution in [0.15, 0.2) is 40.9 Å². The molecule has 0 radical (unpaired) electrons. The first-order valence-electron chi connectivity index (χ1n) is 6.10. The standard InChI is InChI=1S/C15H14BrF2NO/c1-9-2-3-10(16)6-14(9)19-8-15(20)12-5-4-11(17)7-13(12)18/h2-7,15,19-20H,8H2,1H3. The summed E-state index contributed by atoms with van der Waals surface area (Å²) < 4.78 is 27.3. The van der Waals surface area contributed by atoms with Crippen LogP contribution in [-0.4, -0.2) is 11.7 Å². The van der Waals surface area contributed by atoms with Gasteiger partial charge in [-0.15, -0.1) is 0 Å². The van der Waals surface area contributed by atoms with Gasteiger partial charge in [-0.2, -0.15) is 0 Å². The zero-order valence-corrected chi connectivity index (χ0v) is 12.4. The van der Waals surface area contributed by atoms with Crippen LogP contribution in [0.3, 0.4) is 0 Å². The molecule has 0 aliphatic heterocycles. The van der Waals surface area contributed by atoms with Gasteiger partial charge in [0.05, 0.1) is 6.10 Å². The molecule has 0 heterocycles. The lowest BCUT2D eigenvalue weighted by Gasteiger charge is -2.15. The molecule has 0 fully saturated rings. The van der Waals surface area contributed by atoms with Crippen molar-refractivity contribution in [1.29, 1.82) is 0 Å². The molecule has 0 amide bonds. The highest BCUT2D eigenvalue weighted by Gasteiger charge is 2.13. The molecular weight excluding hydrogens is 328 g/mol. The SMILES string of the molecule is Cc1ccc(Br)cc1NCC(O)c1ccc(F)cc1F. The van der Waals surface area contributed by atoms with Crippen molar-refractivity contribution in [2.45, 2.75) is 13.0 Å². The van der Waals surface area contributed by atoms with Crippen molar-refractivity contribution in [2.24, 2.45) is 0 Å². The molecule has 0 aliphatic rings. The molecule has 0 spiro atoms. The number of benzene rings is 2. The fourth-order valence-electron chi connectivity index (χ4n) is 1.87. The van der Waals surface area contributed by atoms with Gasteiger partial charge in [0.2, 0.25) is 0 Å². The Morgan fingerprint density at radius 3 is 2.65 bits per heavy atom. The third-order valence-corrected chi connectivity index (χ3v) is 3.50. The van der Waals surface area contributed by atoms with Gasteiger partial charge in [-0.05, 0) is 30.7 Å². The maximum absolute atomic E-state index is 13.5. The van der Waals surface area contributed by atoms with Gasteiger partial charge in [0, 0.05) is 28.3 Å². The zero-order chi connectivity index (χ0) is 14.7. The van der Waals surface area contributed by atoms with E-state index in [1.807, 2.05) is 25.1 Å². The minimum atomic E-state index is -1.05. The minimum Gasteiger partial charge on any atom is -0.386 e. The molecule has 2 rings (SSSR count). The van der Waals surface area contributed by atoms with E-state index in [1.54, 1.807) is 0 Å². The summed E-state index contributed by atoms with van der Waals surface area (Å²) in [6, 6.07) is 8.87. The molecule has 0 aliphatic carbocycles. The normalized spacial score (nSPS) is 12.2. The van der Waals surface area contributed by atoms with Gasteiger partial charge >= 0.3 is 0 Å². The van der Waals surface area contributed by atoms with Gasteiger partial charge in [0.1, 0.15) is 11.6 Å². The van der Waals surface area contributed by atoms with Crippen molar-refractivity contribution in [1.82, 2.24) is 0 Å². The van der Waals surface area contributed by atoms with E-state index in [2.05, 4.69) is 21.2 Å². The highest BCUT2D eigenvalue weighted by molar-refractivity contribution is 9.10. The highest BCUT2D eigenvalue weighted by atomic mass is 79.9. The van der Waals surface area contributed by atoms with Crippen molar-refractivity contribution in [3.63, 3.8) is 0 Å². The molecule has 2 N–H and O–H groups in total. The summed E-state index contributed by atoms with van der Waals surface area (Å²) >= 11 is 3.36. The van der Waals surface area contributed by atoms with Crippen molar-refractivity contribution in [3.05, 3.63) is 63.6 Å². The number of aliphatic hydroxyl groups is 1. The highest BCUT2D eigenvalue weighted by Crippen LogP contribution is 2.23. The first-order chi connectivity index (χ1) is 9.47. The van der Waals surface area contributed by atoms with Crippen molar-refractivity contribution >= 4 is 21.6 Å². The average Bonchev–Trinajstić information content (AvgIpc) is 2.39. The largest absolute Gasteiger partial charge is 0.386 e. The molecule has 20 heavy (non-hydrogen) atoms. The summed E-state index contributed by atoms with van der Waals surface area (Å²) in [5, 5.41) is 13.0. The molecule has 0 saturated heterocycles. The van der Waals surface area contributed by atoms with Crippen molar-refractivity contribution < 1.29 is 13.9 Å². The summed E-state index contributed by atoms with van der Waals surface area (Å²) in [5.74, 6) is -1.40. The first-order valence-corrected chi connectivity index (χ1v) is 6.89. The summed E-state index contributed by atoms with van der Waals surface area (Å²) in [6.45, 7) is 2.07. The number of rotatable bonds is 4. The van der Waals surface area contributed by atoms with Crippen molar-refractivity contribution in [3.8, 4) is 0 Å². The summed E-state index contributed by atoms with van der Waals surface area (Å²) in [6.07, 6.45) is -1.05. The second kappa shape index (κ2) is 6.33. The summed E-state index contributed by atoms with van der Waals surface area (Å²) in [7, 11) is 0. The number of hydrogen-bond acceptors (Lipinski definition) is 2. The second-order valence-electron chi connectivity index (χ2n) is 4.52. The third-order valence-electron chi connectivity index (χ3n) is 3.01. The summed E-state index contributed by atoms with van der Waals surface area (Å²) in [5.41, 5.74) is 1.94. The van der Waals surface area contributed by atoms with Crippen LogP contribution in [0, 0.1) is 18.6 Å². The summed E-state index contributed by atoms with van der Waals surface area (Å²) in [4.78, 5) is 0. The van der Waals surface area contributed by atoms with Crippen LogP contribution in [0.2, 0.25) is 0 Å². The van der Waals surface area contributed by atoms with Gasteiger partial charge in [0.25, 0.3) is 0 Å². The average molecular weight is 342 g/mol. The zero-order valence-electron chi connectivity index (χ0n) is 10.8. The molecule has 0 bridgehead atoms. The Bertz CT molecular complexity index is 619. The molecule has 2 aromatic rings. The predicted octanol–water partition coefficient (Wildman–Crippen LogP) is 4.18. The Kier molecular flexibility index (Phi) is 4.73. The molecule has 1 atom stereocenters. The van der Waals surface area contributed by atoms with Crippen LogP contribution in [0.25, 0.3) is 0 Å². The smallest absolute Gasteiger partial charge is 0.131 e. The van der Waals surface area contributed by atoms with E-state index in [1.165, 1.54) is 6.07 Å². The molecule has 0 aromatic heterocycles. The lowest BCUT2D eigenvalue weighted by molar-refractivity contribution is 0.186. The van der Waals surface area contributed by atoms with E-state index in [9.17, 15) is 13.9 Å². The molecule has 2 nitrogen and oxygen atoms in total. The lowest BCUT2D eigenvalue weighted by atomic mass is 10.1. The number of hydrogen-bond donors (Lipinski definition) is 2. The molecule has 106 valence electrons. The van der Waals surface area contributed by atoms with E-state index >= 15 is 0 Å². The van der Waals surface area contributed by atoms with E-state index in [-0.39, 0.29) is 12.1 Å². The van der Waals surface area contributed by atoms with Crippen LogP contribution in [-0.2, 0) is 0 Å². The number of aryl methyl sites for hydroxylation is 1. The van der Waals surface area contributed by atoms with Gasteiger partial charge in [-0.25, -0.2) is 8.78 Å². The van der Waals surface area contributed by atoms with Crippen molar-refractivity contribution in [2.75, 3.05) is 11.9 Å². The third kappa shape index (κ3) is 3.55. The number of aliphatic hydroxyl groups excluding tert-OH is 1. The fourth-order valence-corrected chi connectivity index (χ4v) is 2.23. The quantitative estimate of drug-likeness (QED) is 0.874. The molecule has 0 saturated carbocycles. The predicted molar refractivity (Wildman–Crippen MR) is 78.7 cm³/mol. The van der Waals surface area contributed by atoms with E-state index in [0.717, 1.165) is 27.9 Å². The Balaban J connectivity index is 2.08.